The van der Waals surface area contributed by atoms with Crippen LogP contribution >= 0.6 is 0 Å². The van der Waals surface area contributed by atoms with Crippen LogP contribution < -0.4 is 14.2 Å². The normalized spacial score (nSPS) is 14.5. The van der Waals surface area contributed by atoms with Crippen molar-refractivity contribution in [2.75, 3.05) is 13.9 Å². The molecule has 1 atom stereocenters. The van der Waals surface area contributed by atoms with Gasteiger partial charge in [0, 0.05) is 6.07 Å². The maximum Gasteiger partial charge on any atom is 0.310 e. The number of carboxylic acid groups (broad SMARTS) is 1. The number of halogens is 1. The van der Waals surface area contributed by atoms with Crippen molar-refractivity contribution in [2.45, 2.75) is 12.8 Å². The van der Waals surface area contributed by atoms with Crippen LogP contribution in [0.5, 0.6) is 17.2 Å². The fourth-order valence-electron chi connectivity index (χ4n) is 1.74. The monoisotopic (exact) mass is 242 g/mol. The Labute approximate surface area is 96.7 Å². The Kier molecular flexibility index (Phi) is 2.79. The number of hydrogen-bond acceptors (Lipinski definition) is 4. The summed E-state index contributed by atoms with van der Waals surface area (Å²) in [6.45, 7) is 1.38. The van der Waals surface area contributed by atoms with Crippen LogP contribution in [0, 0.1) is 5.82 Å². The van der Waals surface area contributed by atoms with E-state index in [1.54, 1.807) is 0 Å². The van der Waals surface area contributed by atoms with Gasteiger partial charge in [0.25, 0.3) is 0 Å². The number of carbonyl (C=O) groups is 1. The van der Waals surface area contributed by atoms with E-state index < -0.39 is 17.7 Å². The molecular weight excluding hydrogens is 231 g/mol. The van der Waals surface area contributed by atoms with Crippen LogP contribution in [0.25, 0.3) is 0 Å². The van der Waals surface area contributed by atoms with Gasteiger partial charge in [0.1, 0.15) is 0 Å². The third-order valence-corrected chi connectivity index (χ3v) is 2.61. The molecule has 1 unspecified atom stereocenters. The second-order valence-electron chi connectivity index (χ2n) is 3.60. The number of aliphatic carboxylic acids is 1. The summed E-state index contributed by atoms with van der Waals surface area (Å²) in [6, 6.07) is 1.12. The summed E-state index contributed by atoms with van der Waals surface area (Å²) in [4.78, 5) is 11.0. The molecule has 1 aromatic rings. The van der Waals surface area contributed by atoms with Crippen LogP contribution in [-0.4, -0.2) is 25.0 Å². The van der Waals surface area contributed by atoms with E-state index in [1.807, 2.05) is 0 Å². The maximum absolute atomic E-state index is 13.7. The Hall–Kier alpha value is -1.98. The molecule has 1 aromatic carbocycles. The van der Waals surface area contributed by atoms with Crippen molar-refractivity contribution in [3.05, 3.63) is 17.4 Å². The zero-order chi connectivity index (χ0) is 12.6. The summed E-state index contributed by atoms with van der Waals surface area (Å²) in [6.07, 6.45) is 0. The van der Waals surface area contributed by atoms with E-state index in [2.05, 4.69) is 0 Å². The maximum atomic E-state index is 13.7. The third-order valence-electron chi connectivity index (χ3n) is 2.61. The molecule has 6 heteroatoms. The number of fused-ring (bicyclic) bond motifs is 1. The summed E-state index contributed by atoms with van der Waals surface area (Å²) < 4.78 is 28.8. The first-order chi connectivity index (χ1) is 8.06. The van der Waals surface area contributed by atoms with Crippen LogP contribution in [0.4, 0.5) is 4.39 Å². The van der Waals surface area contributed by atoms with Crippen molar-refractivity contribution in [1.82, 2.24) is 0 Å². The van der Waals surface area contributed by atoms with E-state index in [0.29, 0.717) is 0 Å². The van der Waals surface area contributed by atoms with E-state index in [0.717, 1.165) is 6.07 Å². The molecule has 17 heavy (non-hydrogen) atoms. The number of hydrogen-bond donors (Lipinski definition) is 1. The largest absolute Gasteiger partial charge is 0.493 e. The molecule has 0 bridgehead atoms. The number of carboxylic acids is 1. The van der Waals surface area contributed by atoms with Gasteiger partial charge in [-0.25, -0.2) is 4.39 Å². The van der Waals surface area contributed by atoms with Crippen LogP contribution in [0.2, 0.25) is 0 Å². The highest BCUT2D eigenvalue weighted by molar-refractivity contribution is 5.79. The fourth-order valence-corrected chi connectivity index (χ4v) is 1.74. The molecule has 1 heterocycles. The van der Waals surface area contributed by atoms with Gasteiger partial charge in [-0.05, 0) is 6.92 Å². The molecule has 0 saturated carbocycles. The van der Waals surface area contributed by atoms with Crippen LogP contribution in [0.3, 0.4) is 0 Å². The van der Waals surface area contributed by atoms with Crippen LogP contribution in [0.1, 0.15) is 18.4 Å². The van der Waals surface area contributed by atoms with E-state index in [9.17, 15) is 9.18 Å². The lowest BCUT2D eigenvalue weighted by Gasteiger charge is -2.15. The molecule has 0 fully saturated rings. The average molecular weight is 242 g/mol. The molecule has 2 rings (SSSR count). The first kappa shape index (κ1) is 11.5. The third kappa shape index (κ3) is 1.75. The van der Waals surface area contributed by atoms with Crippen LogP contribution in [0.15, 0.2) is 6.07 Å². The van der Waals surface area contributed by atoms with Crippen molar-refractivity contribution in [1.29, 1.82) is 0 Å². The molecule has 0 saturated heterocycles. The lowest BCUT2D eigenvalue weighted by Crippen LogP contribution is -2.11. The molecule has 0 radical (unpaired) electrons. The molecule has 1 N–H and O–H groups in total. The Morgan fingerprint density at radius 1 is 1.59 bits per heavy atom. The lowest BCUT2D eigenvalue weighted by molar-refractivity contribution is -0.138. The zero-order valence-corrected chi connectivity index (χ0v) is 9.32. The number of benzene rings is 1. The van der Waals surface area contributed by atoms with Crippen molar-refractivity contribution in [3.63, 3.8) is 0 Å². The summed E-state index contributed by atoms with van der Waals surface area (Å²) in [5.74, 6) is -2.39. The highest BCUT2D eigenvalue weighted by Gasteiger charge is 2.31. The van der Waals surface area contributed by atoms with E-state index in [4.69, 9.17) is 19.3 Å². The van der Waals surface area contributed by atoms with Crippen molar-refractivity contribution in [2.24, 2.45) is 0 Å². The molecule has 0 spiro atoms. The topological polar surface area (TPSA) is 65.0 Å². The Bertz CT molecular complexity index is 468. The minimum absolute atomic E-state index is 0.0543. The Morgan fingerprint density at radius 2 is 2.29 bits per heavy atom. The predicted molar refractivity (Wildman–Crippen MR) is 55.1 cm³/mol. The minimum Gasteiger partial charge on any atom is -0.493 e. The van der Waals surface area contributed by atoms with Gasteiger partial charge in [0.15, 0.2) is 23.1 Å². The van der Waals surface area contributed by atoms with Crippen molar-refractivity contribution < 1.29 is 28.5 Å². The Balaban J connectivity index is 2.65. The second-order valence-corrected chi connectivity index (χ2v) is 3.60. The van der Waals surface area contributed by atoms with E-state index >= 15 is 0 Å². The first-order valence-corrected chi connectivity index (χ1v) is 4.95. The molecular formula is C11H11FO5. The molecule has 92 valence electrons. The van der Waals surface area contributed by atoms with E-state index in [1.165, 1.54) is 14.0 Å². The van der Waals surface area contributed by atoms with Gasteiger partial charge in [-0.15, -0.1) is 0 Å². The van der Waals surface area contributed by atoms with Gasteiger partial charge in [0.05, 0.1) is 18.6 Å². The van der Waals surface area contributed by atoms with Gasteiger partial charge >= 0.3 is 5.97 Å². The summed E-state index contributed by atoms with van der Waals surface area (Å²) in [5.41, 5.74) is 0.160. The fraction of sp³-hybridized carbons (Fsp3) is 0.364. The van der Waals surface area contributed by atoms with Gasteiger partial charge in [-0.3, -0.25) is 4.79 Å². The quantitative estimate of drug-likeness (QED) is 0.874. The highest BCUT2D eigenvalue weighted by Crippen LogP contribution is 2.46. The standard InChI is InChI=1S/C11H11FO5/c1-5(11(13)14)8-9(15-2)6(12)3-7-10(8)17-4-16-7/h3,5H,4H2,1-2H3,(H,13,14). The lowest BCUT2D eigenvalue weighted by atomic mass is 9.98. The smallest absolute Gasteiger partial charge is 0.310 e. The molecule has 0 aliphatic carbocycles. The van der Waals surface area contributed by atoms with Gasteiger partial charge in [0.2, 0.25) is 6.79 Å². The minimum atomic E-state index is -1.09. The number of ether oxygens (including phenoxy) is 3. The summed E-state index contributed by atoms with van der Waals surface area (Å²) in [5, 5.41) is 9.00. The van der Waals surface area contributed by atoms with Gasteiger partial charge in [-0.2, -0.15) is 0 Å². The number of methoxy groups -OCH3 is 1. The predicted octanol–water partition coefficient (Wildman–Crippen LogP) is 1.75. The van der Waals surface area contributed by atoms with Gasteiger partial charge < -0.3 is 19.3 Å². The first-order valence-electron chi connectivity index (χ1n) is 4.95. The van der Waals surface area contributed by atoms with Crippen molar-refractivity contribution >= 4 is 5.97 Å². The summed E-state index contributed by atoms with van der Waals surface area (Å²) >= 11 is 0. The highest BCUT2D eigenvalue weighted by atomic mass is 19.1. The summed E-state index contributed by atoms with van der Waals surface area (Å²) in [7, 11) is 1.28. The van der Waals surface area contributed by atoms with Crippen molar-refractivity contribution in [3.8, 4) is 17.2 Å². The second kappa shape index (κ2) is 4.12. The molecule has 1 aliphatic heterocycles. The van der Waals surface area contributed by atoms with E-state index in [-0.39, 0.29) is 29.6 Å². The zero-order valence-electron chi connectivity index (χ0n) is 9.32. The average Bonchev–Trinajstić information content (AvgIpc) is 2.73. The van der Waals surface area contributed by atoms with Crippen LogP contribution in [-0.2, 0) is 4.79 Å². The van der Waals surface area contributed by atoms with Gasteiger partial charge in [-0.1, -0.05) is 0 Å². The SMILES string of the molecule is COc1c(F)cc2c(c1C(C)C(=O)O)OCO2. The molecule has 0 amide bonds. The molecule has 1 aliphatic rings. The number of rotatable bonds is 3. The Morgan fingerprint density at radius 3 is 2.88 bits per heavy atom. The molecule has 0 aromatic heterocycles. The molecule has 5 nitrogen and oxygen atoms in total.